The maximum absolute atomic E-state index is 11.8. The van der Waals surface area contributed by atoms with Crippen molar-refractivity contribution in [1.29, 1.82) is 0 Å². The third-order valence-corrected chi connectivity index (χ3v) is 3.56. The Kier molecular flexibility index (Phi) is 5.45. The van der Waals surface area contributed by atoms with Crippen LogP contribution < -0.4 is 10.6 Å². The van der Waals surface area contributed by atoms with Gasteiger partial charge in [0.2, 0.25) is 11.8 Å². The fraction of sp³-hybridized carbons (Fsp3) is 0.267. The van der Waals surface area contributed by atoms with Crippen LogP contribution in [0.5, 0.6) is 0 Å². The van der Waals surface area contributed by atoms with Gasteiger partial charge in [0.1, 0.15) is 0 Å². The predicted molar refractivity (Wildman–Crippen MR) is 83.3 cm³/mol. The Labute approximate surface area is 127 Å². The van der Waals surface area contributed by atoms with E-state index in [2.05, 4.69) is 15.6 Å². The molecule has 0 aliphatic carbocycles. The van der Waals surface area contributed by atoms with Crippen molar-refractivity contribution in [3.63, 3.8) is 0 Å². The van der Waals surface area contributed by atoms with Crippen molar-refractivity contribution in [2.75, 3.05) is 11.9 Å². The zero-order valence-electron chi connectivity index (χ0n) is 11.8. The van der Waals surface area contributed by atoms with Crippen LogP contribution in [0, 0.1) is 0 Å². The molecule has 0 saturated heterocycles. The van der Waals surface area contributed by atoms with Gasteiger partial charge in [0, 0.05) is 18.8 Å². The lowest BCUT2D eigenvalue weighted by Crippen LogP contribution is -2.27. The molecule has 2 amide bonds. The Bertz CT molecular complexity index is 610. The van der Waals surface area contributed by atoms with Crippen LogP contribution in [0.1, 0.15) is 18.2 Å². The Morgan fingerprint density at radius 2 is 2.00 bits per heavy atom. The van der Waals surface area contributed by atoms with E-state index in [1.807, 2.05) is 30.3 Å². The van der Waals surface area contributed by atoms with Gasteiger partial charge in [0.05, 0.1) is 12.1 Å². The second kappa shape index (κ2) is 7.54. The normalized spacial score (nSPS) is 10.1. The van der Waals surface area contributed by atoms with E-state index in [1.165, 1.54) is 23.8 Å². The van der Waals surface area contributed by atoms with Gasteiger partial charge in [-0.15, -0.1) is 11.3 Å². The fourth-order valence-corrected chi connectivity index (χ4v) is 2.57. The zero-order chi connectivity index (χ0) is 15.1. The zero-order valence-corrected chi connectivity index (χ0v) is 12.6. The van der Waals surface area contributed by atoms with Crippen LogP contribution in [0.3, 0.4) is 0 Å². The molecule has 1 aromatic heterocycles. The summed E-state index contributed by atoms with van der Waals surface area (Å²) in [4.78, 5) is 26.9. The summed E-state index contributed by atoms with van der Waals surface area (Å²) in [5.74, 6) is -0.228. The van der Waals surface area contributed by atoms with Crippen molar-refractivity contribution in [2.24, 2.45) is 0 Å². The van der Waals surface area contributed by atoms with Gasteiger partial charge < -0.3 is 10.6 Å². The molecule has 2 N–H and O–H groups in total. The Morgan fingerprint density at radius 3 is 2.71 bits per heavy atom. The summed E-state index contributed by atoms with van der Waals surface area (Å²) in [6.07, 6.45) is 1.03. The van der Waals surface area contributed by atoms with Gasteiger partial charge in [-0.05, 0) is 12.0 Å². The van der Waals surface area contributed by atoms with E-state index in [1.54, 1.807) is 5.38 Å². The van der Waals surface area contributed by atoms with Crippen LogP contribution in [0.2, 0.25) is 0 Å². The first-order chi connectivity index (χ1) is 10.1. The minimum absolute atomic E-state index is 0.0643. The van der Waals surface area contributed by atoms with E-state index in [-0.39, 0.29) is 18.2 Å². The lowest BCUT2D eigenvalue weighted by atomic mass is 10.1. The largest absolute Gasteiger partial charge is 0.355 e. The number of carbonyl (C=O) groups is 2. The van der Waals surface area contributed by atoms with Crippen LogP contribution in [0.25, 0.3) is 0 Å². The first kappa shape index (κ1) is 15.2. The van der Waals surface area contributed by atoms with E-state index in [9.17, 15) is 9.59 Å². The van der Waals surface area contributed by atoms with E-state index >= 15 is 0 Å². The maximum atomic E-state index is 11.8. The number of benzene rings is 1. The van der Waals surface area contributed by atoms with E-state index in [0.717, 1.165) is 6.42 Å². The highest BCUT2D eigenvalue weighted by molar-refractivity contribution is 7.13. The Balaban J connectivity index is 1.74. The van der Waals surface area contributed by atoms with Crippen LogP contribution in [-0.2, 0) is 22.4 Å². The highest BCUT2D eigenvalue weighted by atomic mass is 32.1. The molecule has 0 radical (unpaired) electrons. The van der Waals surface area contributed by atoms with Crippen molar-refractivity contribution in [3.05, 3.63) is 47.0 Å². The van der Waals surface area contributed by atoms with Gasteiger partial charge >= 0.3 is 0 Å². The first-order valence-electron chi connectivity index (χ1n) is 6.66. The minimum Gasteiger partial charge on any atom is -0.355 e. The molecule has 0 bridgehead atoms. The van der Waals surface area contributed by atoms with Gasteiger partial charge in [-0.25, -0.2) is 4.98 Å². The molecule has 2 aromatic rings. The molecule has 0 aliphatic rings. The molecule has 21 heavy (non-hydrogen) atoms. The SMILES string of the molecule is CC(=O)Nc1nc(CC(=O)NCCc2ccccc2)cs1. The van der Waals surface area contributed by atoms with Crippen molar-refractivity contribution >= 4 is 28.3 Å². The number of amides is 2. The highest BCUT2D eigenvalue weighted by Crippen LogP contribution is 2.15. The molecule has 1 heterocycles. The lowest BCUT2D eigenvalue weighted by Gasteiger charge is -2.04. The third-order valence-electron chi connectivity index (χ3n) is 2.76. The summed E-state index contributed by atoms with van der Waals surface area (Å²) < 4.78 is 0. The number of anilines is 1. The van der Waals surface area contributed by atoms with Gasteiger partial charge in [0.15, 0.2) is 5.13 Å². The second-order valence-electron chi connectivity index (χ2n) is 4.59. The Hall–Kier alpha value is -2.21. The van der Waals surface area contributed by atoms with Crippen LogP contribution in [0.15, 0.2) is 35.7 Å². The fourth-order valence-electron chi connectivity index (χ4n) is 1.81. The minimum atomic E-state index is -0.164. The third kappa shape index (κ3) is 5.35. The number of hydrogen-bond acceptors (Lipinski definition) is 4. The van der Waals surface area contributed by atoms with E-state index in [4.69, 9.17) is 0 Å². The molecule has 0 fully saturated rings. The number of rotatable bonds is 6. The van der Waals surface area contributed by atoms with Gasteiger partial charge in [0.25, 0.3) is 0 Å². The monoisotopic (exact) mass is 303 g/mol. The van der Waals surface area contributed by atoms with Gasteiger partial charge in [-0.2, -0.15) is 0 Å². The number of aromatic nitrogens is 1. The number of nitrogens with one attached hydrogen (secondary N) is 2. The molecule has 5 nitrogen and oxygen atoms in total. The second-order valence-corrected chi connectivity index (χ2v) is 5.45. The van der Waals surface area contributed by atoms with Crippen LogP contribution in [-0.4, -0.2) is 23.3 Å². The summed E-state index contributed by atoms with van der Waals surface area (Å²) in [5.41, 5.74) is 1.86. The maximum Gasteiger partial charge on any atom is 0.226 e. The van der Waals surface area contributed by atoms with E-state index in [0.29, 0.717) is 17.4 Å². The smallest absolute Gasteiger partial charge is 0.226 e. The molecular weight excluding hydrogens is 286 g/mol. The van der Waals surface area contributed by atoms with Gasteiger partial charge in [-0.1, -0.05) is 30.3 Å². The molecule has 0 unspecified atom stereocenters. The number of nitrogens with zero attached hydrogens (tertiary/aromatic N) is 1. The summed E-state index contributed by atoms with van der Waals surface area (Å²) in [6.45, 7) is 2.03. The average Bonchev–Trinajstić information content (AvgIpc) is 2.86. The van der Waals surface area contributed by atoms with Crippen LogP contribution >= 0.6 is 11.3 Å². The molecule has 1 aromatic carbocycles. The number of carbonyl (C=O) groups excluding carboxylic acids is 2. The molecule has 0 aliphatic heterocycles. The van der Waals surface area contributed by atoms with Crippen LogP contribution in [0.4, 0.5) is 5.13 Å². The first-order valence-corrected chi connectivity index (χ1v) is 7.54. The average molecular weight is 303 g/mol. The Morgan fingerprint density at radius 1 is 1.24 bits per heavy atom. The van der Waals surface area contributed by atoms with Crippen molar-refractivity contribution in [2.45, 2.75) is 19.8 Å². The molecule has 0 saturated carbocycles. The molecule has 110 valence electrons. The van der Waals surface area contributed by atoms with E-state index < -0.39 is 0 Å². The summed E-state index contributed by atoms with van der Waals surface area (Å²) in [6, 6.07) is 10.0. The standard InChI is InChI=1S/C15H17N3O2S/c1-11(19)17-15-18-13(10-21-15)9-14(20)16-8-7-12-5-3-2-4-6-12/h2-6,10H,7-9H2,1H3,(H,16,20)(H,17,18,19). The number of thiazole rings is 1. The molecule has 6 heteroatoms. The topological polar surface area (TPSA) is 71.1 Å². The number of hydrogen-bond donors (Lipinski definition) is 2. The van der Waals surface area contributed by atoms with Crippen molar-refractivity contribution < 1.29 is 9.59 Å². The summed E-state index contributed by atoms with van der Waals surface area (Å²) in [7, 11) is 0. The summed E-state index contributed by atoms with van der Waals surface area (Å²) in [5, 5.41) is 7.77. The predicted octanol–water partition coefficient (Wildman–Crippen LogP) is 2.00. The molecule has 0 spiro atoms. The molecule has 0 atom stereocenters. The van der Waals surface area contributed by atoms with Gasteiger partial charge in [-0.3, -0.25) is 9.59 Å². The lowest BCUT2D eigenvalue weighted by molar-refractivity contribution is -0.120. The van der Waals surface area contributed by atoms with Crippen molar-refractivity contribution in [3.8, 4) is 0 Å². The molecular formula is C15H17N3O2S. The van der Waals surface area contributed by atoms with Crippen molar-refractivity contribution in [1.82, 2.24) is 10.3 Å². The highest BCUT2D eigenvalue weighted by Gasteiger charge is 2.08. The quantitative estimate of drug-likeness (QED) is 0.857. The molecule has 2 rings (SSSR count). The summed E-state index contributed by atoms with van der Waals surface area (Å²) >= 11 is 1.32.